The molecule has 0 amide bonds. The first kappa shape index (κ1) is 20.2. The molecule has 1 heterocycles. The van der Waals surface area contributed by atoms with Crippen molar-refractivity contribution >= 4 is 12.2 Å². The van der Waals surface area contributed by atoms with E-state index in [0.29, 0.717) is 18.9 Å². The summed E-state index contributed by atoms with van der Waals surface area (Å²) in [5, 5.41) is 4.41. The molecule has 5 nitrogen and oxygen atoms in total. The Morgan fingerprint density at radius 3 is 2.43 bits per heavy atom. The Kier molecular flexibility index (Phi) is 6.53. The molecule has 3 rings (SSSR count). The molecule has 1 aromatic heterocycles. The average Bonchev–Trinajstić information content (AvgIpc) is 3.03. The Morgan fingerprint density at radius 2 is 1.82 bits per heavy atom. The van der Waals surface area contributed by atoms with Crippen LogP contribution in [0.1, 0.15) is 23.9 Å². The molecular weight excluding hydrogens is 384 g/mol. The van der Waals surface area contributed by atoms with Crippen LogP contribution in [0.15, 0.2) is 46.9 Å². The Balaban J connectivity index is 1.71. The molecule has 0 spiro atoms. The average molecular weight is 405 g/mol. The molecule has 0 fully saturated rings. The Hall–Kier alpha value is -2.58. The van der Waals surface area contributed by atoms with Crippen molar-refractivity contribution in [3.63, 3.8) is 0 Å². The third-order valence-electron chi connectivity index (χ3n) is 4.39. The van der Waals surface area contributed by atoms with Gasteiger partial charge in [0.1, 0.15) is 17.4 Å². The van der Waals surface area contributed by atoms with Crippen LogP contribution in [0.3, 0.4) is 0 Å². The fourth-order valence-electron chi connectivity index (χ4n) is 2.79. The lowest BCUT2D eigenvalue weighted by Crippen LogP contribution is -2.27. The molecule has 0 aliphatic rings. The van der Waals surface area contributed by atoms with Gasteiger partial charge in [0.25, 0.3) is 4.84 Å². The van der Waals surface area contributed by atoms with E-state index >= 15 is 0 Å². The predicted octanol–water partition coefficient (Wildman–Crippen LogP) is 4.56. The molecule has 148 valence electrons. The van der Waals surface area contributed by atoms with Gasteiger partial charge in [0.05, 0.1) is 20.2 Å². The van der Waals surface area contributed by atoms with Gasteiger partial charge in [0, 0.05) is 12.1 Å². The van der Waals surface area contributed by atoms with Crippen LogP contribution in [0, 0.1) is 16.5 Å². The van der Waals surface area contributed by atoms with Crippen LogP contribution in [-0.2, 0) is 19.6 Å². The lowest BCUT2D eigenvalue weighted by molar-refractivity contribution is 0.199. The van der Waals surface area contributed by atoms with Gasteiger partial charge in [-0.15, -0.1) is 5.10 Å². The quantitative estimate of drug-likeness (QED) is 0.514. The molecule has 0 radical (unpaired) electrons. The number of ether oxygens (including phenoxy) is 1. The first-order valence-electron chi connectivity index (χ1n) is 8.85. The van der Waals surface area contributed by atoms with Crippen molar-refractivity contribution in [1.29, 1.82) is 0 Å². The summed E-state index contributed by atoms with van der Waals surface area (Å²) in [5.41, 5.74) is 1.03. The summed E-state index contributed by atoms with van der Waals surface area (Å²) in [4.78, 5) is 2.05. The Bertz CT molecular complexity index is 966. The van der Waals surface area contributed by atoms with E-state index in [1.807, 2.05) is 36.1 Å². The maximum Gasteiger partial charge on any atom is 0.288 e. The first-order valence-corrected chi connectivity index (χ1v) is 9.26. The zero-order valence-corrected chi connectivity index (χ0v) is 16.5. The molecule has 3 aromatic rings. The maximum absolute atomic E-state index is 13.9. The van der Waals surface area contributed by atoms with Crippen LogP contribution >= 0.6 is 12.2 Å². The van der Waals surface area contributed by atoms with E-state index in [4.69, 9.17) is 21.4 Å². The van der Waals surface area contributed by atoms with Gasteiger partial charge < -0.3 is 9.15 Å². The molecule has 0 saturated heterocycles. The monoisotopic (exact) mass is 405 g/mol. The van der Waals surface area contributed by atoms with Crippen molar-refractivity contribution in [3.05, 3.63) is 76.0 Å². The fourth-order valence-corrected chi connectivity index (χ4v) is 2.98. The normalized spacial score (nSPS) is 11.2. The highest BCUT2D eigenvalue weighted by Crippen LogP contribution is 2.17. The van der Waals surface area contributed by atoms with Gasteiger partial charge >= 0.3 is 0 Å². The Labute approximate surface area is 167 Å². The molecule has 2 aromatic carbocycles. The van der Waals surface area contributed by atoms with Crippen LogP contribution in [0.5, 0.6) is 5.75 Å². The van der Waals surface area contributed by atoms with Crippen molar-refractivity contribution in [2.75, 3.05) is 13.7 Å². The summed E-state index contributed by atoms with van der Waals surface area (Å²) in [5.74, 6) is 0.113. The van der Waals surface area contributed by atoms with E-state index in [1.165, 1.54) is 22.9 Å². The molecule has 28 heavy (non-hydrogen) atoms. The number of methoxy groups -OCH3 is 1. The summed E-state index contributed by atoms with van der Waals surface area (Å²) >= 11 is 5.25. The molecule has 0 bridgehead atoms. The van der Waals surface area contributed by atoms with E-state index in [1.54, 1.807) is 7.11 Å². The standard InChI is InChI=1S/C20H21F2N3O2S/c1-3-24(12-16-17(21)5-4-6-18(16)22)13-25-20(28)27-19(23-25)11-14-7-9-15(26-2)10-8-14/h4-10H,3,11-13H2,1-2H3. The smallest absolute Gasteiger partial charge is 0.288 e. The number of hydrogen-bond acceptors (Lipinski definition) is 5. The second-order valence-corrected chi connectivity index (χ2v) is 6.62. The molecule has 0 aliphatic heterocycles. The van der Waals surface area contributed by atoms with Crippen LogP contribution in [0.25, 0.3) is 0 Å². The second-order valence-electron chi connectivity index (χ2n) is 6.27. The number of hydrogen-bond donors (Lipinski definition) is 0. The van der Waals surface area contributed by atoms with Crippen LogP contribution < -0.4 is 4.74 Å². The lowest BCUT2D eigenvalue weighted by atomic mass is 10.1. The minimum Gasteiger partial charge on any atom is -0.497 e. The van der Waals surface area contributed by atoms with Crippen molar-refractivity contribution < 1.29 is 17.9 Å². The lowest BCUT2D eigenvalue weighted by Gasteiger charge is -2.20. The molecule has 0 saturated carbocycles. The zero-order chi connectivity index (χ0) is 20.1. The number of benzene rings is 2. The topological polar surface area (TPSA) is 43.4 Å². The van der Waals surface area contributed by atoms with Gasteiger partial charge in [-0.2, -0.15) is 0 Å². The minimum atomic E-state index is -0.567. The number of rotatable bonds is 8. The summed E-state index contributed by atoms with van der Waals surface area (Å²) in [7, 11) is 1.61. The summed E-state index contributed by atoms with van der Waals surface area (Å²) < 4.78 is 40.1. The third-order valence-corrected chi connectivity index (χ3v) is 4.68. The van der Waals surface area contributed by atoms with Gasteiger partial charge in [-0.1, -0.05) is 25.1 Å². The fraction of sp³-hybridized carbons (Fsp3) is 0.300. The third kappa shape index (κ3) is 4.82. The first-order chi connectivity index (χ1) is 13.5. The second kappa shape index (κ2) is 9.07. The van der Waals surface area contributed by atoms with Crippen LogP contribution in [0.4, 0.5) is 8.78 Å². The van der Waals surface area contributed by atoms with E-state index < -0.39 is 11.6 Å². The number of halogens is 2. The highest BCUT2D eigenvalue weighted by molar-refractivity contribution is 7.71. The van der Waals surface area contributed by atoms with Gasteiger partial charge in [0.15, 0.2) is 0 Å². The van der Waals surface area contributed by atoms with Gasteiger partial charge in [-0.25, -0.2) is 13.5 Å². The summed E-state index contributed by atoms with van der Waals surface area (Å²) in [6, 6.07) is 11.4. The van der Waals surface area contributed by atoms with Gasteiger partial charge in [-0.3, -0.25) is 4.90 Å². The van der Waals surface area contributed by atoms with Crippen molar-refractivity contribution in [3.8, 4) is 5.75 Å². The number of nitrogens with zero attached hydrogens (tertiary/aromatic N) is 3. The molecular formula is C20H21F2N3O2S. The van der Waals surface area contributed by atoms with Gasteiger partial charge in [-0.05, 0) is 48.6 Å². The molecule has 0 atom stereocenters. The largest absolute Gasteiger partial charge is 0.497 e. The summed E-state index contributed by atoms with van der Waals surface area (Å²) in [6.45, 7) is 2.85. The van der Waals surface area contributed by atoms with Crippen molar-refractivity contribution in [2.24, 2.45) is 0 Å². The summed E-state index contributed by atoms with van der Waals surface area (Å²) in [6.07, 6.45) is 0.481. The van der Waals surface area contributed by atoms with E-state index in [2.05, 4.69) is 5.10 Å². The SMILES string of the molecule is CCN(Cc1c(F)cccc1F)Cn1nc(Cc2ccc(OC)cc2)oc1=S. The number of aromatic nitrogens is 2. The molecule has 0 unspecified atom stereocenters. The predicted molar refractivity (Wildman–Crippen MR) is 104 cm³/mol. The van der Waals surface area contributed by atoms with E-state index in [0.717, 1.165) is 11.3 Å². The highest BCUT2D eigenvalue weighted by Gasteiger charge is 2.15. The van der Waals surface area contributed by atoms with Crippen molar-refractivity contribution in [2.45, 2.75) is 26.6 Å². The van der Waals surface area contributed by atoms with Crippen LogP contribution in [-0.4, -0.2) is 28.3 Å². The molecule has 8 heteroatoms. The van der Waals surface area contributed by atoms with E-state index in [-0.39, 0.29) is 23.6 Å². The van der Waals surface area contributed by atoms with Gasteiger partial charge in [0.2, 0.25) is 5.89 Å². The van der Waals surface area contributed by atoms with Crippen LogP contribution in [0.2, 0.25) is 0 Å². The maximum atomic E-state index is 13.9. The Morgan fingerprint density at radius 1 is 1.14 bits per heavy atom. The zero-order valence-electron chi connectivity index (χ0n) is 15.7. The minimum absolute atomic E-state index is 0.0258. The highest BCUT2D eigenvalue weighted by atomic mass is 32.1. The van der Waals surface area contributed by atoms with Crippen molar-refractivity contribution in [1.82, 2.24) is 14.7 Å². The molecule has 0 aliphatic carbocycles. The van der Waals surface area contributed by atoms with E-state index in [9.17, 15) is 8.78 Å². The molecule has 0 N–H and O–H groups in total.